The number of rotatable bonds is 17. The zero-order valence-corrected chi connectivity index (χ0v) is 82.4. The highest BCUT2D eigenvalue weighted by atomic mass is 79.9. The molecule has 0 unspecified atom stereocenters. The molecule has 130 heavy (non-hydrogen) atoms. The normalized spacial score (nSPS) is 31.7. The van der Waals surface area contributed by atoms with Gasteiger partial charge in [-0.3, -0.25) is 44.1 Å². The molecule has 12 aliphatic rings. The van der Waals surface area contributed by atoms with Gasteiger partial charge in [0, 0.05) is 131 Å². The minimum absolute atomic E-state index is 0. The minimum atomic E-state index is -0.833. The lowest BCUT2D eigenvalue weighted by Crippen LogP contribution is -2.48. The fourth-order valence-electron chi connectivity index (χ4n) is 25.6. The number of allylic oxidation sites excluding steroid dienone is 5. The number of halogens is 5. The number of nitrogens with zero attached hydrogens (tertiary/aromatic N) is 5. The number of hydrogen-bond donors (Lipinski definition) is 4. The van der Waals surface area contributed by atoms with Crippen LogP contribution in [0, 0.1) is 136 Å². The summed E-state index contributed by atoms with van der Waals surface area (Å²) in [4.78, 5) is 103. The van der Waals surface area contributed by atoms with Crippen LogP contribution in [0.3, 0.4) is 0 Å². The lowest BCUT2D eigenvalue weighted by molar-refractivity contribution is -0.134. The smallest absolute Gasteiger partial charge is 0.300 e. The molecule has 0 spiro atoms. The van der Waals surface area contributed by atoms with Gasteiger partial charge in [-0.1, -0.05) is 146 Å². The standard InChI is InChI=1S/C26H28FNO.2C20H27BrN2O.C20H24BrNO2.C20H24BrNO.C2H4O2.CH4.H3N/c27-21-6-3-5-17(13-21)19-8-9-22(28-16-19)10-11-25-24-7-2-1-4-18(24)12-20-14-23(29)15-26(20)25;2*1-13(24)10-19-18(9-8-16-7-6-15(21)12-23-16)17-5-3-2-4-14(17)11-20(19)22;1-13(23)10-19-18(9-8-16-7-6-15(21)12-22-16)17-5-3-2-4-14(17)11-20(19)24;21-15-5-6-16(22-12-15)7-8-19-18-4-2-1-3-13(18)9-14-10-17(23)11-20(14)19;1-2(3)4;;/h3,5-6,8-11,13,16,18,20,24-26H,1-2,4,7,12,14-15H2;2*6-9,12,14,17-20H,2-5,10-11,22H2,1H3;6-9,12,14,17-19H,2-5,10-11H2,1H3;5-8,12-14,18-20H,1-4,9-11H2;1H3,(H,3,4);1H4;1H3/b11-10+;3*9-8+;8-7+;;;/t18-,20+,24+,25-,26-;14-,17+,18-,19+,20+;14-,17+,18-,19+,20-;14-,17+,18-,19+;13-,14+,18+,19-,20-;;;/m00000.../s1. The first-order valence-electron chi connectivity index (χ1n) is 48.1. The van der Waals surface area contributed by atoms with Crippen LogP contribution in [0.15, 0.2) is 164 Å². The first kappa shape index (κ1) is 103. The van der Waals surface area contributed by atoms with Crippen molar-refractivity contribution in [2.75, 3.05) is 0 Å². The van der Waals surface area contributed by atoms with Crippen molar-refractivity contribution in [2.24, 2.45) is 142 Å². The highest BCUT2D eigenvalue weighted by Crippen LogP contribution is 2.57. The molecule has 5 heterocycles. The third-order valence-electron chi connectivity index (χ3n) is 31.2. The number of ketones is 6. The van der Waals surface area contributed by atoms with Crippen molar-refractivity contribution in [3.8, 4) is 11.1 Å². The molecule has 0 amide bonds. The second-order valence-electron chi connectivity index (χ2n) is 39.7. The number of nitrogens with two attached hydrogens (primary N) is 2. The van der Waals surface area contributed by atoms with Gasteiger partial charge in [-0.2, -0.15) is 0 Å². The number of pyridine rings is 5. The van der Waals surface area contributed by atoms with Crippen LogP contribution in [-0.4, -0.2) is 82.8 Å². The van der Waals surface area contributed by atoms with E-state index in [1.807, 2.05) is 91.5 Å². The van der Waals surface area contributed by atoms with Crippen LogP contribution in [0.5, 0.6) is 0 Å². The molecule has 21 heteroatoms. The van der Waals surface area contributed by atoms with Gasteiger partial charge in [-0.25, -0.2) is 4.39 Å². The molecule has 12 aliphatic carbocycles. The maximum Gasteiger partial charge on any atom is 0.300 e. The van der Waals surface area contributed by atoms with E-state index in [0.29, 0.717) is 108 Å². The van der Waals surface area contributed by atoms with Gasteiger partial charge in [-0.15, -0.1) is 0 Å². The van der Waals surface area contributed by atoms with Gasteiger partial charge in [0.05, 0.1) is 28.5 Å². The molecular weight excluding hydrogens is 1890 g/mol. The number of aromatic nitrogens is 5. The first-order valence-corrected chi connectivity index (χ1v) is 51.3. The molecule has 18 rings (SSSR count). The predicted octanol–water partition coefficient (Wildman–Crippen LogP) is 26.6. The van der Waals surface area contributed by atoms with E-state index in [9.17, 15) is 33.2 Å². The van der Waals surface area contributed by atoms with Crippen LogP contribution in [-0.2, 0) is 33.6 Å². The van der Waals surface area contributed by atoms with E-state index in [1.54, 1.807) is 33.0 Å². The maximum absolute atomic E-state index is 13.5. The van der Waals surface area contributed by atoms with Crippen LogP contribution in [0.1, 0.15) is 269 Å². The van der Waals surface area contributed by atoms with E-state index < -0.39 is 5.97 Å². The zero-order valence-electron chi connectivity index (χ0n) is 76.0. The average Bonchev–Trinajstić information content (AvgIpc) is 1.63. The molecule has 6 aromatic rings. The Morgan fingerprint density at radius 2 is 0.692 bits per heavy atom. The van der Waals surface area contributed by atoms with Gasteiger partial charge in [-0.05, 0) is 376 Å². The van der Waals surface area contributed by atoms with Crippen LogP contribution in [0.4, 0.5) is 4.39 Å². The van der Waals surface area contributed by atoms with Crippen molar-refractivity contribution < 1.29 is 43.1 Å². The Morgan fingerprint density at radius 3 is 1.03 bits per heavy atom. The summed E-state index contributed by atoms with van der Waals surface area (Å²) >= 11 is 13.7. The van der Waals surface area contributed by atoms with Crippen LogP contribution in [0.2, 0.25) is 0 Å². The Hall–Kier alpha value is -7.11. The monoisotopic (exact) mass is 2020 g/mol. The summed E-state index contributed by atoms with van der Waals surface area (Å²) in [7, 11) is 0. The Bertz CT molecular complexity index is 4740. The molecule has 12 saturated carbocycles. The second kappa shape index (κ2) is 50.5. The Labute approximate surface area is 806 Å². The van der Waals surface area contributed by atoms with Gasteiger partial charge in [0.15, 0.2) is 0 Å². The highest BCUT2D eigenvalue weighted by molar-refractivity contribution is 9.11. The molecule has 12 fully saturated rings. The third-order valence-corrected chi connectivity index (χ3v) is 33.0. The van der Waals surface area contributed by atoms with Crippen molar-refractivity contribution in [3.63, 3.8) is 0 Å². The number of hydrogen-bond acceptors (Lipinski definition) is 15. The molecule has 5 aromatic heterocycles. The predicted molar refractivity (Wildman–Crippen MR) is 535 cm³/mol. The fourth-order valence-corrected chi connectivity index (χ4v) is 26.5. The summed E-state index contributed by atoms with van der Waals surface area (Å²) in [6.07, 6.45) is 67.5. The topological polar surface area (TPSA) is 291 Å². The molecule has 8 N–H and O–H groups in total. The molecule has 0 bridgehead atoms. The molecule has 700 valence electrons. The number of aliphatic carboxylic acids is 1. The number of carboxylic acids is 1. The summed E-state index contributed by atoms with van der Waals surface area (Å²) in [6, 6.07) is 27.0. The average molecular weight is 2030 g/mol. The Balaban J connectivity index is 0.000000155. The summed E-state index contributed by atoms with van der Waals surface area (Å²) in [6.45, 7) is 6.06. The number of benzene rings is 1. The highest BCUT2D eigenvalue weighted by Gasteiger charge is 2.51. The van der Waals surface area contributed by atoms with Crippen LogP contribution >= 0.6 is 63.7 Å². The van der Waals surface area contributed by atoms with Gasteiger partial charge >= 0.3 is 0 Å². The number of fused-ring (bicyclic) bond motifs is 7. The van der Waals surface area contributed by atoms with E-state index >= 15 is 0 Å². The Morgan fingerprint density at radius 1 is 0.377 bits per heavy atom. The molecule has 0 saturated heterocycles. The molecule has 0 aliphatic heterocycles. The van der Waals surface area contributed by atoms with Crippen molar-refractivity contribution in [2.45, 2.75) is 253 Å². The van der Waals surface area contributed by atoms with Crippen molar-refractivity contribution >= 4 is 135 Å². The molecule has 16 nitrogen and oxygen atoms in total. The minimum Gasteiger partial charge on any atom is -0.481 e. The number of carbonyl (C=O) groups excluding carboxylic acids is 6. The van der Waals surface area contributed by atoms with Crippen LogP contribution < -0.4 is 17.6 Å². The largest absolute Gasteiger partial charge is 0.481 e. The number of carboxylic acid groups (broad SMARTS) is 1. The summed E-state index contributed by atoms with van der Waals surface area (Å²) in [5, 5.41) is 7.42. The summed E-state index contributed by atoms with van der Waals surface area (Å²) < 4.78 is 17.4. The van der Waals surface area contributed by atoms with Gasteiger partial charge in [0.25, 0.3) is 5.97 Å². The molecule has 1 aromatic carbocycles. The van der Waals surface area contributed by atoms with Gasteiger partial charge < -0.3 is 37.1 Å². The van der Waals surface area contributed by atoms with E-state index in [1.165, 1.54) is 147 Å². The SMILES string of the molecule is C.CC(=O)C[C@@H]1[C@@H](/C=C/c2ccc(Br)cn2)[C@@H]2CCCC[C@H]2C[C@@H]1N.CC(=O)C[C@@H]1[C@@H](/C=C/c2ccc(Br)cn2)[C@@H]2CCCC[C@H]2C[C@H]1N.CC(=O)C[C@H]1C(=O)C[C@@H]2CCCC[C@H]2[C@@H]1/C=C/c1ccc(Br)cn1.CC(=O)O.N.O=C1C[C@H]2C[C@@H]3CCCC[C@H]3[C@H](/C=C/c3ccc(-c4cccc(F)c4)cn3)[C@H]2C1.O=C1C[C@H]2C[C@@H]3CCCC[C@H]3[C@H](/C=C/c3ccc(Br)cn3)[C@H]2C1. The van der Waals surface area contributed by atoms with Crippen molar-refractivity contribution in [3.05, 3.63) is 198 Å². The zero-order chi connectivity index (χ0) is 90.5. The van der Waals surface area contributed by atoms with Crippen LogP contribution in [0.25, 0.3) is 41.5 Å². The van der Waals surface area contributed by atoms with Gasteiger partial charge in [0.2, 0.25) is 0 Å². The van der Waals surface area contributed by atoms with E-state index in [0.717, 1.165) is 145 Å². The molecule has 24 atom stereocenters. The number of carbonyl (C=O) groups is 7. The summed E-state index contributed by atoms with van der Waals surface area (Å²) in [5.41, 5.74) is 19.6. The van der Waals surface area contributed by atoms with E-state index in [-0.39, 0.29) is 78.3 Å². The lowest BCUT2D eigenvalue weighted by Gasteiger charge is -2.47. The lowest BCUT2D eigenvalue weighted by atomic mass is 9.58. The first-order chi connectivity index (χ1) is 61.7. The van der Waals surface area contributed by atoms with Gasteiger partial charge in [0.1, 0.15) is 40.5 Å². The van der Waals surface area contributed by atoms with E-state index in [4.69, 9.17) is 21.4 Å². The third kappa shape index (κ3) is 29.0. The van der Waals surface area contributed by atoms with Crippen molar-refractivity contribution in [1.82, 2.24) is 31.1 Å². The fraction of sp³-hybridized carbons (Fsp3) is 0.560. The van der Waals surface area contributed by atoms with Crippen molar-refractivity contribution in [1.29, 1.82) is 0 Å². The summed E-state index contributed by atoms with van der Waals surface area (Å²) in [5.74, 6) is 12.7. The second-order valence-corrected chi connectivity index (χ2v) is 43.3. The quantitative estimate of drug-likeness (QED) is 0.0660. The molecular formula is C109H141Br4FN8O8. The van der Waals surface area contributed by atoms with E-state index in [2.05, 4.69) is 149 Å². The number of Topliss-reactive ketones (excluding diaryl/α,β-unsaturated/α-hetero) is 6. The maximum atomic E-state index is 13.5. The molecule has 0 radical (unpaired) electrons. The Kier molecular flexibility index (Phi) is 40.1.